The molecule has 0 aromatic heterocycles. The number of likely N-dealkylation sites (N-methyl/N-ethyl adjacent to an activating group) is 1. The third-order valence-corrected chi connectivity index (χ3v) is 3.68. The smallest absolute Gasteiger partial charge is 0.239 e. The highest BCUT2D eigenvalue weighted by atomic mass is 79.9. The molecule has 1 rings (SSSR count). The van der Waals surface area contributed by atoms with Gasteiger partial charge in [0.15, 0.2) is 0 Å². The summed E-state index contributed by atoms with van der Waals surface area (Å²) in [4.78, 5) is 13.5. The van der Waals surface area contributed by atoms with Crippen molar-refractivity contribution in [3.05, 3.63) is 33.3 Å². The molecule has 1 atom stereocenters. The van der Waals surface area contributed by atoms with Crippen LogP contribution >= 0.6 is 27.5 Å². The van der Waals surface area contributed by atoms with Crippen LogP contribution in [0, 0.1) is 0 Å². The number of halogens is 2. The molecule has 6 heteroatoms. The maximum atomic E-state index is 11.5. The Bertz CT molecular complexity index is 426. The van der Waals surface area contributed by atoms with E-state index < -0.39 is 11.9 Å². The van der Waals surface area contributed by atoms with Gasteiger partial charge in [0.25, 0.3) is 0 Å². The fourth-order valence-electron chi connectivity index (χ4n) is 1.51. The molecule has 3 N–H and O–H groups in total. The molecule has 0 saturated carbocycles. The van der Waals surface area contributed by atoms with Gasteiger partial charge in [0, 0.05) is 17.6 Å². The number of nitrogens with two attached hydrogens (primary N) is 1. The molecule has 0 aliphatic rings. The second-order valence-electron chi connectivity index (χ2n) is 4.27. The summed E-state index contributed by atoms with van der Waals surface area (Å²) < 4.78 is 0.752. The van der Waals surface area contributed by atoms with Crippen LogP contribution in [0.2, 0.25) is 5.02 Å². The normalized spacial score (nSPS) is 12.7. The van der Waals surface area contributed by atoms with Crippen molar-refractivity contribution in [2.24, 2.45) is 5.73 Å². The lowest BCUT2D eigenvalue weighted by Crippen LogP contribution is -2.37. The number of nitrogens with zero attached hydrogens (tertiary/aromatic N) is 1. The van der Waals surface area contributed by atoms with Crippen LogP contribution in [-0.2, 0) is 4.79 Å². The molecule has 0 saturated heterocycles. The molecular formula is C12H17BrClN3O. The highest BCUT2D eigenvalue weighted by Crippen LogP contribution is 2.26. The van der Waals surface area contributed by atoms with E-state index in [1.807, 2.05) is 19.0 Å². The van der Waals surface area contributed by atoms with E-state index in [1.165, 1.54) is 0 Å². The van der Waals surface area contributed by atoms with Gasteiger partial charge in [-0.2, -0.15) is 0 Å². The molecular weight excluding hydrogens is 318 g/mol. The monoisotopic (exact) mass is 333 g/mol. The predicted molar refractivity (Wildman–Crippen MR) is 77.6 cm³/mol. The number of carbonyl (C=O) groups excluding carboxylic acids is 1. The van der Waals surface area contributed by atoms with E-state index in [1.54, 1.807) is 18.2 Å². The Balaban J connectivity index is 2.78. The number of nitrogens with one attached hydrogen (secondary N) is 1. The molecule has 1 aromatic rings. The van der Waals surface area contributed by atoms with E-state index >= 15 is 0 Å². The molecule has 0 radical (unpaired) electrons. The van der Waals surface area contributed by atoms with Gasteiger partial charge < -0.3 is 16.0 Å². The van der Waals surface area contributed by atoms with Gasteiger partial charge in [0.1, 0.15) is 6.04 Å². The Morgan fingerprint density at radius 2 is 2.22 bits per heavy atom. The Morgan fingerprint density at radius 3 is 2.72 bits per heavy atom. The summed E-state index contributed by atoms with van der Waals surface area (Å²) >= 11 is 9.26. The third kappa shape index (κ3) is 4.57. The Labute approximate surface area is 121 Å². The van der Waals surface area contributed by atoms with Gasteiger partial charge in [-0.15, -0.1) is 0 Å². The van der Waals surface area contributed by atoms with Gasteiger partial charge in [-0.25, -0.2) is 0 Å². The summed E-state index contributed by atoms with van der Waals surface area (Å²) in [5.41, 5.74) is 6.21. The molecule has 0 aliphatic heterocycles. The van der Waals surface area contributed by atoms with Crippen molar-refractivity contribution in [2.75, 3.05) is 27.2 Å². The number of benzene rings is 1. The van der Waals surface area contributed by atoms with Crippen LogP contribution < -0.4 is 11.1 Å². The summed E-state index contributed by atoms with van der Waals surface area (Å²) in [6.07, 6.45) is 0. The van der Waals surface area contributed by atoms with Gasteiger partial charge >= 0.3 is 0 Å². The number of amides is 1. The minimum absolute atomic E-state index is 0.400. The van der Waals surface area contributed by atoms with Crippen molar-refractivity contribution in [3.63, 3.8) is 0 Å². The number of carbonyl (C=O) groups is 1. The van der Waals surface area contributed by atoms with Crippen molar-refractivity contribution in [2.45, 2.75) is 6.04 Å². The molecule has 0 bridgehead atoms. The maximum absolute atomic E-state index is 11.5. The fourth-order valence-corrected chi connectivity index (χ4v) is 2.02. The Hall–Kier alpha value is -0.620. The summed E-state index contributed by atoms with van der Waals surface area (Å²) in [6.45, 7) is 1.51. The minimum atomic E-state index is -0.501. The number of hydrogen-bond donors (Lipinski definition) is 2. The van der Waals surface area contributed by atoms with Crippen LogP contribution in [0.4, 0.5) is 0 Å². The second-order valence-corrected chi connectivity index (χ2v) is 5.53. The quantitative estimate of drug-likeness (QED) is 0.834. The summed E-state index contributed by atoms with van der Waals surface area (Å²) in [6, 6.07) is 4.84. The lowest BCUT2D eigenvalue weighted by molar-refractivity contribution is -0.120. The first-order valence-corrected chi connectivity index (χ1v) is 6.71. The van der Waals surface area contributed by atoms with Crippen molar-refractivity contribution in [1.29, 1.82) is 0 Å². The van der Waals surface area contributed by atoms with E-state index in [-0.39, 0.29) is 0 Å². The lowest BCUT2D eigenvalue weighted by atomic mass is 10.1. The minimum Gasteiger partial charge on any atom is -0.368 e. The molecule has 18 heavy (non-hydrogen) atoms. The molecule has 1 unspecified atom stereocenters. The van der Waals surface area contributed by atoms with Crippen molar-refractivity contribution in [1.82, 2.24) is 10.2 Å². The van der Waals surface area contributed by atoms with Gasteiger partial charge in [-0.3, -0.25) is 4.79 Å². The topological polar surface area (TPSA) is 58.4 Å². The van der Waals surface area contributed by atoms with E-state index in [0.717, 1.165) is 16.6 Å². The molecule has 0 fully saturated rings. The zero-order valence-electron chi connectivity index (χ0n) is 10.4. The average Bonchev–Trinajstić information content (AvgIpc) is 2.27. The standard InChI is InChI=1S/C12H17BrClN3O/c1-17(2)6-5-16-11(12(15)18)8-3-4-10(14)9(13)7-8/h3-4,7,11,16H,5-6H2,1-2H3,(H2,15,18). The highest BCUT2D eigenvalue weighted by Gasteiger charge is 2.17. The molecule has 1 aromatic carbocycles. The Kier molecular flexibility index (Phi) is 6.08. The predicted octanol–water partition coefficient (Wildman–Crippen LogP) is 1.78. The molecule has 1 amide bonds. The van der Waals surface area contributed by atoms with Crippen LogP contribution in [0.25, 0.3) is 0 Å². The van der Waals surface area contributed by atoms with E-state index in [2.05, 4.69) is 21.2 Å². The first-order chi connectivity index (χ1) is 8.41. The SMILES string of the molecule is CN(C)CCNC(C(N)=O)c1ccc(Cl)c(Br)c1. The first-order valence-electron chi connectivity index (χ1n) is 5.54. The van der Waals surface area contributed by atoms with Crippen LogP contribution in [0.3, 0.4) is 0 Å². The molecule has 4 nitrogen and oxygen atoms in total. The summed E-state index contributed by atoms with van der Waals surface area (Å²) in [5.74, 6) is -0.400. The van der Waals surface area contributed by atoms with Crippen LogP contribution in [0.1, 0.15) is 11.6 Å². The van der Waals surface area contributed by atoms with Crippen molar-refractivity contribution in [3.8, 4) is 0 Å². The van der Waals surface area contributed by atoms with E-state index in [9.17, 15) is 4.79 Å². The average molecular weight is 335 g/mol. The largest absolute Gasteiger partial charge is 0.368 e. The number of primary amides is 1. The summed E-state index contributed by atoms with van der Waals surface area (Å²) in [5, 5.41) is 3.74. The molecule has 0 heterocycles. The van der Waals surface area contributed by atoms with Crippen LogP contribution in [0.5, 0.6) is 0 Å². The van der Waals surface area contributed by atoms with Gasteiger partial charge in [0.2, 0.25) is 5.91 Å². The first kappa shape index (κ1) is 15.4. The lowest BCUT2D eigenvalue weighted by Gasteiger charge is -2.18. The van der Waals surface area contributed by atoms with E-state index in [0.29, 0.717) is 11.6 Å². The number of hydrogen-bond acceptors (Lipinski definition) is 3. The zero-order chi connectivity index (χ0) is 13.7. The van der Waals surface area contributed by atoms with Crippen molar-refractivity contribution < 1.29 is 4.79 Å². The fraction of sp³-hybridized carbons (Fsp3) is 0.417. The van der Waals surface area contributed by atoms with Gasteiger partial charge in [0.05, 0.1) is 5.02 Å². The second kappa shape index (κ2) is 7.09. The molecule has 0 aliphatic carbocycles. The molecule has 0 spiro atoms. The van der Waals surface area contributed by atoms with Crippen molar-refractivity contribution >= 4 is 33.4 Å². The van der Waals surface area contributed by atoms with Gasteiger partial charge in [-0.1, -0.05) is 17.7 Å². The maximum Gasteiger partial charge on any atom is 0.239 e. The Morgan fingerprint density at radius 1 is 1.56 bits per heavy atom. The van der Waals surface area contributed by atoms with Gasteiger partial charge in [-0.05, 0) is 47.7 Å². The van der Waals surface area contributed by atoms with E-state index in [4.69, 9.17) is 17.3 Å². The van der Waals surface area contributed by atoms with Crippen LogP contribution in [-0.4, -0.2) is 38.0 Å². The zero-order valence-corrected chi connectivity index (χ0v) is 12.8. The number of rotatable bonds is 6. The third-order valence-electron chi connectivity index (χ3n) is 2.47. The van der Waals surface area contributed by atoms with Crippen LogP contribution in [0.15, 0.2) is 22.7 Å². The highest BCUT2D eigenvalue weighted by molar-refractivity contribution is 9.10. The molecule has 100 valence electrons. The summed E-state index contributed by atoms with van der Waals surface area (Å²) in [7, 11) is 3.94.